The smallest absolute Gasteiger partial charge is 0.379 e. The molecule has 2 aliphatic rings. The highest BCUT2D eigenvalue weighted by molar-refractivity contribution is 7.47. The quantitative estimate of drug-likeness (QED) is 0.0190. The SMILES string of the molecule is CCCCOC[C@H]1O[C@@H](OCC(OCCCC)C(OCCCC)C(COP(=O)(O)O[C@@H]2C(OCCCC)C(OCCN=[N+]=[N-])O[C@@H]2COCCCC)OCCCC)[C@@H](OCCCC)C1O[PH](=O)O. The normalized spacial score (nSPS) is 25.5. The van der Waals surface area contributed by atoms with E-state index < -0.39 is 90.2 Å². The molecular weight excluding hydrogens is 932 g/mol. The lowest BCUT2D eigenvalue weighted by Crippen LogP contribution is -2.49. The second kappa shape index (κ2) is 39.6. The Balaban J connectivity index is 2.49. The Morgan fingerprint density at radius 1 is 0.603 bits per heavy atom. The Morgan fingerprint density at radius 2 is 1.06 bits per heavy atom. The van der Waals surface area contributed by atoms with Gasteiger partial charge in [-0.1, -0.05) is 98.5 Å². The van der Waals surface area contributed by atoms with Crippen LogP contribution < -0.4 is 0 Å². The van der Waals surface area contributed by atoms with Crippen LogP contribution in [-0.2, 0) is 74.8 Å². The minimum absolute atomic E-state index is 0.0133. The molecule has 0 aromatic carbocycles. The molecular formula is C45H89N3O18P2. The Hall–Kier alpha value is -0.870. The Labute approximate surface area is 407 Å². The van der Waals surface area contributed by atoms with Gasteiger partial charge in [0.15, 0.2) is 12.6 Å². The van der Waals surface area contributed by atoms with Gasteiger partial charge in [-0.2, -0.15) is 0 Å². The fraction of sp³-hybridized carbons (Fsp3) is 1.00. The third-order valence-electron chi connectivity index (χ3n) is 11.1. The molecule has 2 N–H and O–H groups in total. The van der Waals surface area contributed by atoms with Gasteiger partial charge in [0.2, 0.25) is 0 Å². The van der Waals surface area contributed by atoms with Crippen LogP contribution in [0.2, 0.25) is 0 Å². The molecule has 0 spiro atoms. The van der Waals surface area contributed by atoms with Gasteiger partial charge in [-0.15, -0.1) is 0 Å². The van der Waals surface area contributed by atoms with E-state index in [1.54, 1.807) is 0 Å². The third kappa shape index (κ3) is 25.7. The van der Waals surface area contributed by atoms with Crippen molar-refractivity contribution in [3.63, 3.8) is 0 Å². The summed E-state index contributed by atoms with van der Waals surface area (Å²) in [5.74, 6) is 0. The van der Waals surface area contributed by atoms with Gasteiger partial charge in [-0.3, -0.25) is 13.6 Å². The van der Waals surface area contributed by atoms with Crippen molar-refractivity contribution in [2.45, 2.75) is 206 Å². The maximum absolute atomic E-state index is 14.2. The van der Waals surface area contributed by atoms with Gasteiger partial charge in [0.25, 0.3) is 0 Å². The van der Waals surface area contributed by atoms with Gasteiger partial charge in [-0.25, -0.2) is 4.57 Å². The summed E-state index contributed by atoms with van der Waals surface area (Å²) in [5.41, 5.74) is 8.79. The zero-order chi connectivity index (χ0) is 49.8. The molecule has 2 fully saturated rings. The molecule has 21 nitrogen and oxygen atoms in total. The summed E-state index contributed by atoms with van der Waals surface area (Å²) in [6, 6.07) is 0. The molecule has 0 saturated carbocycles. The number of phosphoric ester groups is 1. The Kier molecular flexibility index (Phi) is 36.9. The van der Waals surface area contributed by atoms with Crippen LogP contribution in [0.3, 0.4) is 0 Å². The molecule has 402 valence electrons. The first-order valence-corrected chi connectivity index (χ1v) is 28.1. The van der Waals surface area contributed by atoms with Gasteiger partial charge in [-0.05, 0) is 50.5 Å². The van der Waals surface area contributed by atoms with Crippen LogP contribution in [0, 0.1) is 0 Å². The van der Waals surface area contributed by atoms with Crippen LogP contribution in [0.15, 0.2) is 5.11 Å². The van der Waals surface area contributed by atoms with E-state index in [0.29, 0.717) is 58.9 Å². The number of hydrogen-bond acceptors (Lipinski definition) is 17. The summed E-state index contributed by atoms with van der Waals surface area (Å²) in [6.45, 7) is 16.3. The van der Waals surface area contributed by atoms with Gasteiger partial charge >= 0.3 is 16.1 Å². The molecule has 0 radical (unpaired) electrons. The zero-order valence-electron chi connectivity index (χ0n) is 42.2. The van der Waals surface area contributed by atoms with E-state index in [9.17, 15) is 18.9 Å². The summed E-state index contributed by atoms with van der Waals surface area (Å²) in [7, 11) is -8.34. The lowest BCUT2D eigenvalue weighted by molar-refractivity contribution is -0.217. The molecule has 23 heteroatoms. The van der Waals surface area contributed by atoms with Gasteiger partial charge in [0.1, 0.15) is 54.9 Å². The van der Waals surface area contributed by atoms with E-state index >= 15 is 0 Å². The van der Waals surface area contributed by atoms with E-state index in [-0.39, 0.29) is 39.6 Å². The molecule has 2 aliphatic heterocycles. The van der Waals surface area contributed by atoms with E-state index in [1.165, 1.54) is 0 Å². The van der Waals surface area contributed by atoms with Crippen molar-refractivity contribution in [3.05, 3.63) is 10.4 Å². The van der Waals surface area contributed by atoms with Gasteiger partial charge in [0, 0.05) is 57.7 Å². The van der Waals surface area contributed by atoms with E-state index in [1.807, 2.05) is 41.5 Å². The van der Waals surface area contributed by atoms with Crippen LogP contribution in [0.4, 0.5) is 0 Å². The monoisotopic (exact) mass is 1020 g/mol. The van der Waals surface area contributed by atoms with Gasteiger partial charge in [0.05, 0.1) is 33.0 Å². The number of nitrogens with zero attached hydrogens (tertiary/aromatic N) is 3. The van der Waals surface area contributed by atoms with Crippen molar-refractivity contribution in [1.82, 2.24) is 0 Å². The summed E-state index contributed by atoms with van der Waals surface area (Å²) in [5, 5.41) is 3.54. The first-order valence-electron chi connectivity index (χ1n) is 25.4. The number of ether oxygens (including phenoxy) is 11. The molecule has 13 atom stereocenters. The first-order chi connectivity index (χ1) is 33.0. The average Bonchev–Trinajstić information content (AvgIpc) is 3.80. The molecule has 68 heavy (non-hydrogen) atoms. The van der Waals surface area contributed by atoms with Crippen molar-refractivity contribution < 1.29 is 84.6 Å². The average molecular weight is 1020 g/mol. The highest BCUT2D eigenvalue weighted by atomic mass is 31.2. The topological polar surface area (TPSA) is 253 Å². The molecule has 2 saturated heterocycles. The van der Waals surface area contributed by atoms with E-state index in [2.05, 4.69) is 16.9 Å². The Bertz CT molecular complexity index is 1360. The number of unbranched alkanes of at least 4 members (excludes halogenated alkanes) is 7. The van der Waals surface area contributed by atoms with Crippen molar-refractivity contribution in [1.29, 1.82) is 0 Å². The number of phosphoric acid groups is 1. The van der Waals surface area contributed by atoms with Crippen LogP contribution in [0.5, 0.6) is 0 Å². The predicted octanol–water partition coefficient (Wildman–Crippen LogP) is 8.61. The lowest BCUT2D eigenvalue weighted by Gasteiger charge is -2.35. The summed E-state index contributed by atoms with van der Waals surface area (Å²) < 4.78 is 112. The molecule has 0 aliphatic carbocycles. The van der Waals surface area contributed by atoms with Crippen molar-refractivity contribution in [3.8, 4) is 0 Å². The fourth-order valence-corrected chi connectivity index (χ4v) is 8.60. The largest absolute Gasteiger partial charge is 0.472 e. The Morgan fingerprint density at radius 3 is 1.57 bits per heavy atom. The minimum Gasteiger partial charge on any atom is -0.379 e. The van der Waals surface area contributed by atoms with E-state index in [0.717, 1.165) is 70.6 Å². The summed E-state index contributed by atoms with van der Waals surface area (Å²) in [4.78, 5) is 24.3. The predicted molar refractivity (Wildman–Crippen MR) is 255 cm³/mol. The summed E-state index contributed by atoms with van der Waals surface area (Å²) in [6.07, 6.45) is 0.881. The van der Waals surface area contributed by atoms with Crippen molar-refractivity contribution in [2.75, 3.05) is 85.8 Å². The van der Waals surface area contributed by atoms with Crippen LogP contribution in [0.1, 0.15) is 138 Å². The first kappa shape index (κ1) is 63.2. The maximum Gasteiger partial charge on any atom is 0.472 e. The van der Waals surface area contributed by atoms with E-state index in [4.69, 9.17) is 71.2 Å². The van der Waals surface area contributed by atoms with Crippen molar-refractivity contribution >= 4 is 16.1 Å². The van der Waals surface area contributed by atoms with Crippen LogP contribution in [-0.4, -0.2) is 163 Å². The van der Waals surface area contributed by atoms with Crippen LogP contribution in [0.25, 0.3) is 10.4 Å². The maximum atomic E-state index is 14.2. The fourth-order valence-electron chi connectivity index (χ4n) is 7.12. The highest BCUT2D eigenvalue weighted by Crippen LogP contribution is 2.48. The second-order valence-electron chi connectivity index (χ2n) is 16.9. The van der Waals surface area contributed by atoms with Crippen LogP contribution >= 0.6 is 16.1 Å². The number of rotatable bonds is 46. The third-order valence-corrected chi connectivity index (χ3v) is 12.5. The highest BCUT2D eigenvalue weighted by Gasteiger charge is 2.51. The summed E-state index contributed by atoms with van der Waals surface area (Å²) >= 11 is 0. The van der Waals surface area contributed by atoms with Gasteiger partial charge < -0.3 is 66.4 Å². The molecule has 2 rings (SSSR count). The molecule has 0 amide bonds. The zero-order valence-corrected chi connectivity index (χ0v) is 44.1. The molecule has 0 aromatic rings. The molecule has 8 unspecified atom stereocenters. The second-order valence-corrected chi connectivity index (χ2v) is 19.1. The number of hydrogen-bond donors (Lipinski definition) is 2. The standard InChI is InChI=1S/C45H89N3O18P2/c1-8-15-23-53-31-37-40(65-67(49)50)42(58-28-20-13-6)45(63-37)61-33-35(55-25-17-10-3)39(57-27-19-12-5)36(56-26-18-11-4)34-62-68(51,52)66-41-38(32-54-24-16-9-2)64-44(60-30-22-47-48-46)43(41)59-29-21-14-7/h35-45,67H,8-34H2,1-7H3,(H,49,50)(H,51,52)/t35?,36?,37-,38-,39?,40?,41+,42+,43?,44?,45-/m1/s1. The molecule has 2 heterocycles. The lowest BCUT2D eigenvalue weighted by atomic mass is 10.1. The van der Waals surface area contributed by atoms with Crippen molar-refractivity contribution in [2.24, 2.45) is 5.11 Å². The molecule has 0 bridgehead atoms. The number of azide groups is 1. The minimum atomic E-state index is -4.93. The molecule has 0 aromatic heterocycles.